The highest BCUT2D eigenvalue weighted by Gasteiger charge is 2.34. The Morgan fingerprint density at radius 2 is 2.20 bits per heavy atom. The van der Waals surface area contributed by atoms with Gasteiger partial charge in [-0.15, -0.1) is 11.3 Å². The molecule has 1 aromatic heterocycles. The molecule has 1 atom stereocenters. The van der Waals surface area contributed by atoms with Crippen molar-refractivity contribution in [2.45, 2.75) is 13.0 Å². The molecule has 0 amide bonds. The average Bonchev–Trinajstić information content (AvgIpc) is 2.82. The van der Waals surface area contributed by atoms with Gasteiger partial charge < -0.3 is 15.4 Å². The smallest absolute Gasteiger partial charge is 0.379 e. The lowest BCUT2D eigenvalue weighted by molar-refractivity contribution is -0.150. The molecule has 5 nitrogen and oxygen atoms in total. The molecule has 0 aromatic carbocycles. The average molecular weight is 375 g/mol. The first-order valence-electron chi connectivity index (χ1n) is 5.59. The predicted octanol–water partition coefficient (Wildman–Crippen LogP) is 2.05. The standard InChI is InChI=1S/C12H11BrN2O3S2/c1-5-8(10(16)11(17)18-2)9(15-12(19)14-5)7-3-6(13)4-20-7/h3-4,9H,1-2H3,(H2,14,15,19)/t9-/m1/s1. The summed E-state index contributed by atoms with van der Waals surface area (Å²) in [5, 5.41) is 8.19. The largest absolute Gasteiger partial charge is 0.463 e. The lowest BCUT2D eigenvalue weighted by atomic mass is 9.97. The van der Waals surface area contributed by atoms with Gasteiger partial charge in [-0.2, -0.15) is 0 Å². The zero-order chi connectivity index (χ0) is 14.9. The molecule has 1 aliphatic heterocycles. The van der Waals surface area contributed by atoms with E-state index >= 15 is 0 Å². The van der Waals surface area contributed by atoms with E-state index in [1.165, 1.54) is 18.4 Å². The van der Waals surface area contributed by atoms with Crippen molar-refractivity contribution in [2.24, 2.45) is 0 Å². The molecule has 0 unspecified atom stereocenters. The fourth-order valence-corrected chi connectivity index (χ4v) is 3.66. The van der Waals surface area contributed by atoms with E-state index in [0.717, 1.165) is 9.35 Å². The third kappa shape index (κ3) is 2.92. The zero-order valence-corrected chi connectivity index (χ0v) is 13.9. The molecule has 1 aromatic rings. The summed E-state index contributed by atoms with van der Waals surface area (Å²) in [6.07, 6.45) is 0. The molecule has 1 aliphatic rings. The van der Waals surface area contributed by atoms with Crippen molar-refractivity contribution in [1.29, 1.82) is 0 Å². The Morgan fingerprint density at radius 1 is 1.50 bits per heavy atom. The van der Waals surface area contributed by atoms with Crippen LogP contribution in [-0.4, -0.2) is 24.0 Å². The first-order valence-corrected chi connectivity index (χ1v) is 7.67. The molecule has 0 spiro atoms. The molecule has 0 bridgehead atoms. The lowest BCUT2D eigenvalue weighted by Crippen LogP contribution is -2.45. The van der Waals surface area contributed by atoms with Crippen LogP contribution in [0.2, 0.25) is 0 Å². The van der Waals surface area contributed by atoms with Gasteiger partial charge in [-0.05, 0) is 41.1 Å². The van der Waals surface area contributed by atoms with Crippen LogP contribution < -0.4 is 10.6 Å². The summed E-state index contributed by atoms with van der Waals surface area (Å²) in [4.78, 5) is 24.6. The van der Waals surface area contributed by atoms with Gasteiger partial charge in [0.25, 0.3) is 5.78 Å². The third-order valence-corrected chi connectivity index (χ3v) is 4.74. The fourth-order valence-electron chi connectivity index (χ4n) is 1.89. The second kappa shape index (κ2) is 6.02. The van der Waals surface area contributed by atoms with Crippen LogP contribution in [-0.2, 0) is 14.3 Å². The van der Waals surface area contributed by atoms with Crippen LogP contribution >= 0.6 is 39.5 Å². The number of thiocarbonyl (C=S) groups is 1. The van der Waals surface area contributed by atoms with E-state index in [0.29, 0.717) is 16.4 Å². The maximum atomic E-state index is 12.2. The van der Waals surface area contributed by atoms with Crippen molar-refractivity contribution in [3.63, 3.8) is 0 Å². The number of rotatable bonds is 3. The Balaban J connectivity index is 2.47. The lowest BCUT2D eigenvalue weighted by Gasteiger charge is -2.28. The summed E-state index contributed by atoms with van der Waals surface area (Å²) in [5.74, 6) is -1.57. The summed E-state index contributed by atoms with van der Waals surface area (Å²) in [5.41, 5.74) is 0.874. The number of hydrogen-bond donors (Lipinski definition) is 2. The minimum Gasteiger partial charge on any atom is -0.463 e. The highest BCUT2D eigenvalue weighted by Crippen LogP contribution is 2.33. The van der Waals surface area contributed by atoms with Gasteiger partial charge in [-0.25, -0.2) is 4.79 Å². The molecule has 8 heteroatoms. The summed E-state index contributed by atoms with van der Waals surface area (Å²) >= 11 is 9.94. The molecule has 0 radical (unpaired) electrons. The normalized spacial score (nSPS) is 18.4. The van der Waals surface area contributed by atoms with Crippen LogP contribution in [0, 0.1) is 0 Å². The van der Waals surface area contributed by atoms with Gasteiger partial charge in [0.2, 0.25) is 0 Å². The number of ketones is 1. The molecule has 2 N–H and O–H groups in total. The Kier molecular flexibility index (Phi) is 4.56. The van der Waals surface area contributed by atoms with Gasteiger partial charge in [-0.1, -0.05) is 0 Å². The monoisotopic (exact) mass is 374 g/mol. The molecular formula is C12H11BrN2O3S2. The van der Waals surface area contributed by atoms with Crippen LogP contribution in [0.4, 0.5) is 0 Å². The highest BCUT2D eigenvalue weighted by molar-refractivity contribution is 9.10. The number of hydrogen-bond acceptors (Lipinski definition) is 5. The van der Waals surface area contributed by atoms with Gasteiger partial charge in [0.05, 0.1) is 18.7 Å². The number of methoxy groups -OCH3 is 1. The summed E-state index contributed by atoms with van der Waals surface area (Å²) < 4.78 is 5.42. The summed E-state index contributed by atoms with van der Waals surface area (Å²) in [6, 6.07) is 1.43. The van der Waals surface area contributed by atoms with Gasteiger partial charge in [0.15, 0.2) is 5.11 Å². The molecule has 2 heterocycles. The second-order valence-corrected chi connectivity index (χ2v) is 6.32. The number of esters is 1. The van der Waals surface area contributed by atoms with Crippen molar-refractivity contribution in [2.75, 3.05) is 7.11 Å². The zero-order valence-electron chi connectivity index (χ0n) is 10.7. The van der Waals surface area contributed by atoms with Crippen LogP contribution in [0.25, 0.3) is 0 Å². The van der Waals surface area contributed by atoms with E-state index in [4.69, 9.17) is 12.2 Å². The van der Waals surface area contributed by atoms with Gasteiger partial charge in [0, 0.05) is 20.4 Å². The molecule has 106 valence electrons. The second-order valence-electron chi connectivity index (χ2n) is 4.06. The van der Waals surface area contributed by atoms with Crippen molar-refractivity contribution in [3.8, 4) is 0 Å². The Bertz CT molecular complexity index is 624. The van der Waals surface area contributed by atoms with Crippen molar-refractivity contribution in [1.82, 2.24) is 10.6 Å². The number of thiophene rings is 1. The van der Waals surface area contributed by atoms with E-state index in [1.807, 2.05) is 11.4 Å². The number of Topliss-reactive ketones (excluding diaryl/α,β-unsaturated/α-hetero) is 1. The molecule has 0 saturated heterocycles. The molecular weight excluding hydrogens is 364 g/mol. The molecule has 0 fully saturated rings. The number of carbonyl (C=O) groups is 2. The maximum Gasteiger partial charge on any atom is 0.379 e. The van der Waals surface area contributed by atoms with Crippen molar-refractivity contribution < 1.29 is 14.3 Å². The first kappa shape index (κ1) is 15.1. The van der Waals surface area contributed by atoms with Crippen LogP contribution in [0.3, 0.4) is 0 Å². The number of carbonyl (C=O) groups excluding carboxylic acids is 2. The van der Waals surface area contributed by atoms with E-state index in [2.05, 4.69) is 31.3 Å². The highest BCUT2D eigenvalue weighted by atomic mass is 79.9. The third-order valence-electron chi connectivity index (χ3n) is 2.76. The number of ether oxygens (including phenoxy) is 1. The molecule has 2 rings (SSSR count). The summed E-state index contributed by atoms with van der Waals surface area (Å²) in [7, 11) is 1.18. The minimum atomic E-state index is -0.892. The molecule has 0 aliphatic carbocycles. The van der Waals surface area contributed by atoms with E-state index in [1.54, 1.807) is 6.92 Å². The Labute approximate surface area is 133 Å². The van der Waals surface area contributed by atoms with Gasteiger partial charge in [0.1, 0.15) is 0 Å². The Morgan fingerprint density at radius 3 is 2.75 bits per heavy atom. The Hall–Kier alpha value is -1.25. The van der Waals surface area contributed by atoms with E-state index in [-0.39, 0.29) is 0 Å². The number of halogens is 1. The van der Waals surface area contributed by atoms with E-state index in [9.17, 15) is 9.59 Å². The van der Waals surface area contributed by atoms with Crippen LogP contribution in [0.15, 0.2) is 27.2 Å². The topological polar surface area (TPSA) is 67.4 Å². The SMILES string of the molecule is COC(=O)C(=O)C1=C(C)NC(=S)N[C@@H]1c1cc(Br)cs1. The number of nitrogens with one attached hydrogen (secondary N) is 2. The molecule has 20 heavy (non-hydrogen) atoms. The predicted molar refractivity (Wildman–Crippen MR) is 83.4 cm³/mol. The van der Waals surface area contributed by atoms with E-state index < -0.39 is 17.8 Å². The first-order chi connectivity index (χ1) is 9.43. The quantitative estimate of drug-likeness (QED) is 0.479. The van der Waals surface area contributed by atoms with Crippen LogP contribution in [0.1, 0.15) is 17.8 Å². The van der Waals surface area contributed by atoms with Crippen LogP contribution in [0.5, 0.6) is 0 Å². The van der Waals surface area contributed by atoms with Gasteiger partial charge >= 0.3 is 5.97 Å². The maximum absolute atomic E-state index is 12.2. The van der Waals surface area contributed by atoms with Crippen molar-refractivity contribution in [3.05, 3.63) is 32.1 Å². The van der Waals surface area contributed by atoms with Gasteiger partial charge in [-0.3, -0.25) is 4.79 Å². The van der Waals surface area contributed by atoms with Crippen molar-refractivity contribution >= 4 is 56.3 Å². The fraction of sp³-hybridized carbons (Fsp3) is 0.250. The number of allylic oxidation sites excluding steroid dienone is 1. The minimum absolute atomic E-state index is 0.319. The summed E-state index contributed by atoms with van der Waals surface area (Å²) in [6.45, 7) is 1.71. The molecule has 0 saturated carbocycles.